The average molecular weight is 302 g/mol. The summed E-state index contributed by atoms with van der Waals surface area (Å²) in [6.07, 6.45) is 0.775. The van der Waals surface area contributed by atoms with Crippen LogP contribution in [-0.4, -0.2) is 27.0 Å². The van der Waals surface area contributed by atoms with E-state index in [2.05, 4.69) is 21.2 Å². The molecule has 1 amide bonds. The van der Waals surface area contributed by atoms with Gasteiger partial charge < -0.3 is 15.5 Å². The van der Waals surface area contributed by atoms with Crippen molar-refractivity contribution >= 4 is 21.8 Å². The average Bonchev–Trinajstić information content (AvgIpc) is 2.15. The van der Waals surface area contributed by atoms with Gasteiger partial charge in [-0.05, 0) is 32.4 Å². The van der Waals surface area contributed by atoms with Gasteiger partial charge in [0.1, 0.15) is 11.5 Å². The minimum Gasteiger partial charge on any atom is -0.508 e. The summed E-state index contributed by atoms with van der Waals surface area (Å²) in [4.78, 5) is 11.9. The molecule has 17 heavy (non-hydrogen) atoms. The van der Waals surface area contributed by atoms with Crippen molar-refractivity contribution in [1.29, 1.82) is 0 Å². The summed E-state index contributed by atoms with van der Waals surface area (Å²) in [7, 11) is 0. The zero-order valence-electron chi connectivity index (χ0n) is 9.83. The third-order valence-electron chi connectivity index (χ3n) is 2.40. The molecule has 0 unspecified atom stereocenters. The maximum absolute atomic E-state index is 11.9. The van der Waals surface area contributed by atoms with Crippen LogP contribution < -0.4 is 5.32 Å². The molecule has 0 atom stereocenters. The van der Waals surface area contributed by atoms with Crippen LogP contribution >= 0.6 is 15.9 Å². The Bertz CT molecular complexity index is 418. The first-order valence-electron chi connectivity index (χ1n) is 5.26. The van der Waals surface area contributed by atoms with Gasteiger partial charge in [-0.3, -0.25) is 4.79 Å². The Balaban J connectivity index is 2.83. The van der Waals surface area contributed by atoms with Gasteiger partial charge in [-0.25, -0.2) is 0 Å². The summed E-state index contributed by atoms with van der Waals surface area (Å²) in [6.45, 7) is 3.81. The van der Waals surface area contributed by atoms with Crippen molar-refractivity contribution in [3.63, 3.8) is 0 Å². The van der Waals surface area contributed by atoms with E-state index in [9.17, 15) is 9.90 Å². The van der Waals surface area contributed by atoms with E-state index in [1.54, 1.807) is 0 Å². The van der Waals surface area contributed by atoms with Gasteiger partial charge in [0.25, 0.3) is 5.91 Å². The van der Waals surface area contributed by atoms with Crippen molar-refractivity contribution in [3.05, 3.63) is 23.8 Å². The number of amides is 1. The summed E-state index contributed by atoms with van der Waals surface area (Å²) in [5, 5.41) is 22.3. The molecule has 0 aliphatic rings. The second kappa shape index (κ2) is 5.40. The second-order valence-electron chi connectivity index (χ2n) is 4.48. The maximum Gasteiger partial charge on any atom is 0.255 e. The SMILES string of the molecule is CC(C)(CCBr)NC(=O)c1ccc(O)cc1O. The molecule has 0 aliphatic heterocycles. The third kappa shape index (κ3) is 3.93. The topological polar surface area (TPSA) is 69.6 Å². The molecule has 1 rings (SSSR count). The zero-order valence-corrected chi connectivity index (χ0v) is 11.4. The molecule has 0 saturated heterocycles. The summed E-state index contributed by atoms with van der Waals surface area (Å²) in [5.74, 6) is -0.649. The predicted molar refractivity (Wildman–Crippen MR) is 69.7 cm³/mol. The predicted octanol–water partition coefficient (Wildman–Crippen LogP) is 2.39. The molecular weight excluding hydrogens is 286 g/mol. The lowest BCUT2D eigenvalue weighted by molar-refractivity contribution is 0.0909. The molecule has 94 valence electrons. The van der Waals surface area contributed by atoms with Gasteiger partial charge in [0.05, 0.1) is 5.56 Å². The molecular formula is C12H16BrNO3. The van der Waals surface area contributed by atoms with Gasteiger partial charge >= 0.3 is 0 Å². The first kappa shape index (κ1) is 13.8. The highest BCUT2D eigenvalue weighted by atomic mass is 79.9. The monoisotopic (exact) mass is 301 g/mol. The smallest absolute Gasteiger partial charge is 0.255 e. The minimum absolute atomic E-state index is 0.0706. The molecule has 0 spiro atoms. The molecule has 0 fully saturated rings. The number of carbonyl (C=O) groups excluding carboxylic acids is 1. The number of hydrogen-bond donors (Lipinski definition) is 3. The van der Waals surface area contributed by atoms with Crippen LogP contribution in [0.1, 0.15) is 30.6 Å². The van der Waals surface area contributed by atoms with Gasteiger partial charge in [-0.2, -0.15) is 0 Å². The molecule has 3 N–H and O–H groups in total. The Hall–Kier alpha value is -1.23. The van der Waals surface area contributed by atoms with Crippen molar-refractivity contribution in [2.24, 2.45) is 0 Å². The zero-order chi connectivity index (χ0) is 13.1. The van der Waals surface area contributed by atoms with Gasteiger partial charge in [-0.15, -0.1) is 0 Å². The second-order valence-corrected chi connectivity index (χ2v) is 5.27. The lowest BCUT2D eigenvalue weighted by atomic mass is 10.0. The first-order chi connectivity index (χ1) is 7.85. The molecule has 1 aromatic carbocycles. The summed E-state index contributed by atoms with van der Waals surface area (Å²) in [6, 6.07) is 3.91. The molecule has 0 aliphatic carbocycles. The number of phenolic OH excluding ortho intramolecular Hbond substituents is 2. The Morgan fingerprint density at radius 2 is 2.06 bits per heavy atom. The standard InChI is InChI=1S/C12H16BrNO3/c1-12(2,5-6-13)14-11(17)9-4-3-8(15)7-10(9)16/h3-4,7,15-16H,5-6H2,1-2H3,(H,14,17). The normalized spacial score (nSPS) is 11.2. The molecule has 0 aromatic heterocycles. The quantitative estimate of drug-likeness (QED) is 0.748. The Kier molecular flexibility index (Phi) is 4.40. The highest BCUT2D eigenvalue weighted by Gasteiger charge is 2.22. The van der Waals surface area contributed by atoms with E-state index in [-0.39, 0.29) is 28.5 Å². The molecule has 1 aromatic rings. The van der Waals surface area contributed by atoms with Crippen LogP contribution in [0.4, 0.5) is 0 Å². The van der Waals surface area contributed by atoms with Gasteiger partial charge in [-0.1, -0.05) is 15.9 Å². The van der Waals surface area contributed by atoms with Gasteiger partial charge in [0.15, 0.2) is 0 Å². The number of carbonyl (C=O) groups is 1. The van der Waals surface area contributed by atoms with Gasteiger partial charge in [0, 0.05) is 16.9 Å². The molecule has 0 heterocycles. The van der Waals surface area contributed by atoms with E-state index >= 15 is 0 Å². The van der Waals surface area contributed by atoms with Crippen LogP contribution in [0.2, 0.25) is 0 Å². The fourth-order valence-electron chi connectivity index (χ4n) is 1.39. The van der Waals surface area contributed by atoms with E-state index in [4.69, 9.17) is 5.11 Å². The highest BCUT2D eigenvalue weighted by Crippen LogP contribution is 2.23. The van der Waals surface area contributed by atoms with E-state index in [0.29, 0.717) is 0 Å². The van der Waals surface area contributed by atoms with Crippen LogP contribution in [0.3, 0.4) is 0 Å². The van der Waals surface area contributed by atoms with Gasteiger partial charge in [0.2, 0.25) is 0 Å². The van der Waals surface area contributed by atoms with E-state index in [1.165, 1.54) is 12.1 Å². The number of nitrogens with one attached hydrogen (secondary N) is 1. The van der Waals surface area contributed by atoms with E-state index < -0.39 is 0 Å². The number of rotatable bonds is 4. The van der Waals surface area contributed by atoms with E-state index in [1.807, 2.05) is 13.8 Å². The Labute approximate surface area is 109 Å². The largest absolute Gasteiger partial charge is 0.508 e. The van der Waals surface area contributed by atoms with Crippen LogP contribution in [0.25, 0.3) is 0 Å². The number of alkyl halides is 1. The molecule has 0 radical (unpaired) electrons. The van der Waals surface area contributed by atoms with Crippen molar-refractivity contribution in [1.82, 2.24) is 5.32 Å². The van der Waals surface area contributed by atoms with Crippen molar-refractivity contribution in [2.75, 3.05) is 5.33 Å². The number of aromatic hydroxyl groups is 2. The third-order valence-corrected chi connectivity index (χ3v) is 2.79. The molecule has 0 bridgehead atoms. The number of phenols is 2. The fourth-order valence-corrected chi connectivity index (χ4v) is 2.38. The summed E-state index contributed by atoms with van der Waals surface area (Å²) in [5.41, 5.74) is -0.198. The molecule has 0 saturated carbocycles. The lowest BCUT2D eigenvalue weighted by Crippen LogP contribution is -2.43. The summed E-state index contributed by atoms with van der Waals surface area (Å²) < 4.78 is 0. The summed E-state index contributed by atoms with van der Waals surface area (Å²) >= 11 is 3.32. The van der Waals surface area contributed by atoms with Crippen LogP contribution in [0.5, 0.6) is 11.5 Å². The number of halogens is 1. The van der Waals surface area contributed by atoms with E-state index in [0.717, 1.165) is 17.8 Å². The van der Waals surface area contributed by atoms with Crippen LogP contribution in [0.15, 0.2) is 18.2 Å². The minimum atomic E-state index is -0.356. The van der Waals surface area contributed by atoms with Crippen molar-refractivity contribution in [3.8, 4) is 11.5 Å². The van der Waals surface area contributed by atoms with Crippen LogP contribution in [-0.2, 0) is 0 Å². The number of hydrogen-bond acceptors (Lipinski definition) is 3. The van der Waals surface area contributed by atoms with Crippen molar-refractivity contribution in [2.45, 2.75) is 25.8 Å². The fraction of sp³-hybridized carbons (Fsp3) is 0.417. The molecule has 5 heteroatoms. The highest BCUT2D eigenvalue weighted by molar-refractivity contribution is 9.09. The Morgan fingerprint density at radius 1 is 1.41 bits per heavy atom. The Morgan fingerprint density at radius 3 is 2.59 bits per heavy atom. The molecule has 4 nitrogen and oxygen atoms in total. The van der Waals surface area contributed by atoms with Crippen LogP contribution in [0, 0.1) is 0 Å². The van der Waals surface area contributed by atoms with Crippen molar-refractivity contribution < 1.29 is 15.0 Å². The maximum atomic E-state index is 11.9. The number of benzene rings is 1. The first-order valence-corrected chi connectivity index (χ1v) is 6.38. The lowest BCUT2D eigenvalue weighted by Gasteiger charge is -2.25.